The molecule has 7 heteroatoms. The van der Waals surface area contributed by atoms with E-state index in [-0.39, 0.29) is 11.4 Å². The van der Waals surface area contributed by atoms with E-state index < -0.39 is 11.7 Å². The zero-order chi connectivity index (χ0) is 13.0. The van der Waals surface area contributed by atoms with Gasteiger partial charge < -0.3 is 10.7 Å². The van der Waals surface area contributed by atoms with Crippen LogP contribution < -0.4 is 16.6 Å². The van der Waals surface area contributed by atoms with Crippen molar-refractivity contribution in [2.45, 2.75) is 0 Å². The molecule has 2 aromatic rings. The molecule has 6 nitrogen and oxygen atoms in total. The lowest BCUT2D eigenvalue weighted by Gasteiger charge is -2.07. The Balaban J connectivity index is 2.24. The number of anilines is 2. The first kappa shape index (κ1) is 11.9. The maximum atomic E-state index is 13.7. The summed E-state index contributed by atoms with van der Waals surface area (Å²) in [6.07, 6.45) is 2.80. The molecule has 0 aromatic carbocycles. The largest absolute Gasteiger partial charge is 0.306 e. The fraction of sp³-hybridized carbons (Fsp3) is 0. The molecule has 1 amide bonds. The summed E-state index contributed by atoms with van der Waals surface area (Å²) in [7, 11) is 0. The number of nitrogens with two attached hydrogens (primary N) is 1. The number of nitrogens with one attached hydrogen (secondary N) is 2. The fourth-order valence-corrected chi connectivity index (χ4v) is 1.34. The molecular weight excluding hydrogens is 237 g/mol. The Bertz CT molecular complexity index is 561. The third kappa shape index (κ3) is 2.41. The number of nitrogens with zero attached hydrogens (tertiary/aromatic N) is 2. The topological polar surface area (TPSA) is 92.9 Å². The van der Waals surface area contributed by atoms with Crippen LogP contribution >= 0.6 is 0 Å². The summed E-state index contributed by atoms with van der Waals surface area (Å²) in [4.78, 5) is 19.4. The first-order valence-electron chi connectivity index (χ1n) is 5.06. The molecule has 0 aliphatic rings. The molecule has 2 rings (SSSR count). The normalized spacial score (nSPS) is 9.89. The average molecular weight is 247 g/mol. The van der Waals surface area contributed by atoms with Gasteiger partial charge in [0.25, 0.3) is 5.91 Å². The third-order valence-corrected chi connectivity index (χ3v) is 2.18. The molecule has 0 spiro atoms. The minimum absolute atomic E-state index is 0.163. The van der Waals surface area contributed by atoms with Gasteiger partial charge in [0, 0.05) is 12.4 Å². The summed E-state index contributed by atoms with van der Waals surface area (Å²) in [6.45, 7) is 0. The summed E-state index contributed by atoms with van der Waals surface area (Å²) in [6, 6.07) is 6.27. The molecule has 2 heterocycles. The molecule has 0 fully saturated rings. The van der Waals surface area contributed by atoms with E-state index in [1.807, 2.05) is 0 Å². The number of hydrazine groups is 1. The number of hydrogen-bond acceptors (Lipinski definition) is 5. The molecule has 0 aliphatic carbocycles. The number of hydrogen-bond donors (Lipinski definition) is 3. The van der Waals surface area contributed by atoms with E-state index in [1.54, 1.807) is 18.2 Å². The minimum Gasteiger partial charge on any atom is -0.306 e. The summed E-state index contributed by atoms with van der Waals surface area (Å²) in [5, 5.41) is 2.46. The van der Waals surface area contributed by atoms with Crippen LogP contribution in [0.5, 0.6) is 0 Å². The van der Waals surface area contributed by atoms with E-state index in [0.29, 0.717) is 5.82 Å². The van der Waals surface area contributed by atoms with E-state index in [1.165, 1.54) is 18.5 Å². The van der Waals surface area contributed by atoms with Crippen molar-refractivity contribution in [2.75, 3.05) is 10.7 Å². The van der Waals surface area contributed by atoms with Gasteiger partial charge in [0.05, 0.1) is 5.56 Å². The van der Waals surface area contributed by atoms with Crippen LogP contribution in [0.3, 0.4) is 0 Å². The molecule has 4 N–H and O–H groups in total. The number of rotatable bonds is 3. The lowest BCUT2D eigenvalue weighted by molar-refractivity contribution is 0.102. The standard InChI is InChI=1S/C11H10FN5O/c12-9-7(4-6-15-10(9)17-13)11(18)16-8-3-1-2-5-14-8/h1-6H,13H2,(H,15,17)(H,14,16,18). The molecule has 0 radical (unpaired) electrons. The van der Waals surface area contributed by atoms with Crippen LogP contribution in [-0.4, -0.2) is 15.9 Å². The van der Waals surface area contributed by atoms with Crippen LogP contribution in [0.4, 0.5) is 16.0 Å². The third-order valence-electron chi connectivity index (χ3n) is 2.18. The van der Waals surface area contributed by atoms with Crippen molar-refractivity contribution in [2.24, 2.45) is 5.84 Å². The molecule has 0 saturated carbocycles. The van der Waals surface area contributed by atoms with Crippen molar-refractivity contribution in [3.05, 3.63) is 48.0 Å². The van der Waals surface area contributed by atoms with Gasteiger partial charge in [-0.2, -0.15) is 0 Å². The summed E-state index contributed by atoms with van der Waals surface area (Å²) < 4.78 is 13.7. The molecule has 2 aromatic heterocycles. The lowest BCUT2D eigenvalue weighted by atomic mass is 10.2. The van der Waals surface area contributed by atoms with Gasteiger partial charge in [-0.25, -0.2) is 20.2 Å². The van der Waals surface area contributed by atoms with Crippen molar-refractivity contribution in [1.29, 1.82) is 0 Å². The highest BCUT2D eigenvalue weighted by Crippen LogP contribution is 2.15. The first-order chi connectivity index (χ1) is 8.72. The van der Waals surface area contributed by atoms with Crippen molar-refractivity contribution in [3.8, 4) is 0 Å². The highest BCUT2D eigenvalue weighted by atomic mass is 19.1. The van der Waals surface area contributed by atoms with Crippen LogP contribution in [0.1, 0.15) is 10.4 Å². The summed E-state index contributed by atoms with van der Waals surface area (Å²) >= 11 is 0. The number of nitrogen functional groups attached to an aromatic ring is 1. The Morgan fingerprint density at radius 2 is 2.06 bits per heavy atom. The molecule has 92 valence electrons. The molecule has 0 aliphatic heterocycles. The molecule has 0 bridgehead atoms. The van der Waals surface area contributed by atoms with Gasteiger partial charge in [-0.1, -0.05) is 6.07 Å². The van der Waals surface area contributed by atoms with Crippen molar-refractivity contribution in [3.63, 3.8) is 0 Å². The summed E-state index contributed by atoms with van der Waals surface area (Å²) in [5.41, 5.74) is 1.91. The predicted octanol–water partition coefficient (Wildman–Crippen LogP) is 1.15. The maximum absolute atomic E-state index is 13.7. The van der Waals surface area contributed by atoms with Gasteiger partial charge in [-0.15, -0.1) is 0 Å². The zero-order valence-electron chi connectivity index (χ0n) is 9.22. The van der Waals surface area contributed by atoms with E-state index in [4.69, 9.17) is 5.84 Å². The Hall–Kier alpha value is -2.54. The van der Waals surface area contributed by atoms with Crippen molar-refractivity contribution < 1.29 is 9.18 Å². The second-order valence-electron chi connectivity index (χ2n) is 3.33. The summed E-state index contributed by atoms with van der Waals surface area (Å²) in [5.74, 6) is 3.79. The van der Waals surface area contributed by atoms with Gasteiger partial charge in [-0.05, 0) is 18.2 Å². The lowest BCUT2D eigenvalue weighted by Crippen LogP contribution is -2.18. The molecule has 18 heavy (non-hydrogen) atoms. The van der Waals surface area contributed by atoms with Crippen LogP contribution in [0, 0.1) is 5.82 Å². The average Bonchev–Trinajstić information content (AvgIpc) is 2.40. The van der Waals surface area contributed by atoms with E-state index >= 15 is 0 Å². The molecule has 0 unspecified atom stereocenters. The maximum Gasteiger partial charge on any atom is 0.259 e. The Labute approximate surface area is 102 Å². The number of amides is 1. The van der Waals surface area contributed by atoms with E-state index in [0.717, 1.165) is 0 Å². The highest BCUT2D eigenvalue weighted by molar-refractivity contribution is 6.04. The Morgan fingerprint density at radius 1 is 1.22 bits per heavy atom. The minimum atomic E-state index is -0.812. The van der Waals surface area contributed by atoms with Gasteiger partial charge in [-0.3, -0.25) is 4.79 Å². The van der Waals surface area contributed by atoms with Crippen LogP contribution in [0.2, 0.25) is 0 Å². The zero-order valence-corrected chi connectivity index (χ0v) is 9.22. The van der Waals surface area contributed by atoms with Gasteiger partial charge in [0.2, 0.25) is 0 Å². The number of carbonyl (C=O) groups excluding carboxylic acids is 1. The number of halogens is 1. The Morgan fingerprint density at radius 3 is 2.72 bits per heavy atom. The van der Waals surface area contributed by atoms with Crippen LogP contribution in [-0.2, 0) is 0 Å². The van der Waals surface area contributed by atoms with Crippen LogP contribution in [0.15, 0.2) is 36.7 Å². The van der Waals surface area contributed by atoms with E-state index in [2.05, 4.69) is 20.7 Å². The predicted molar refractivity (Wildman–Crippen MR) is 64.2 cm³/mol. The quantitative estimate of drug-likeness (QED) is 0.559. The molecule has 0 atom stereocenters. The fourth-order valence-electron chi connectivity index (χ4n) is 1.34. The number of pyridine rings is 2. The number of aromatic nitrogens is 2. The monoisotopic (exact) mass is 247 g/mol. The van der Waals surface area contributed by atoms with Gasteiger partial charge in [0.15, 0.2) is 11.6 Å². The van der Waals surface area contributed by atoms with Gasteiger partial charge >= 0.3 is 0 Å². The van der Waals surface area contributed by atoms with Crippen molar-refractivity contribution in [1.82, 2.24) is 9.97 Å². The molecular formula is C11H10FN5O. The van der Waals surface area contributed by atoms with Crippen molar-refractivity contribution >= 4 is 17.5 Å². The van der Waals surface area contributed by atoms with E-state index in [9.17, 15) is 9.18 Å². The Kier molecular flexibility index (Phi) is 3.44. The number of carbonyl (C=O) groups is 1. The SMILES string of the molecule is NNc1nccc(C(=O)Nc2ccccn2)c1F. The smallest absolute Gasteiger partial charge is 0.259 e. The second kappa shape index (κ2) is 5.19. The van der Waals surface area contributed by atoms with Gasteiger partial charge in [0.1, 0.15) is 5.82 Å². The first-order valence-corrected chi connectivity index (χ1v) is 5.06. The molecule has 0 saturated heterocycles. The second-order valence-corrected chi connectivity index (χ2v) is 3.33. The van der Waals surface area contributed by atoms with Crippen LogP contribution in [0.25, 0.3) is 0 Å². The highest BCUT2D eigenvalue weighted by Gasteiger charge is 2.15.